The Hall–Kier alpha value is -1.31. The van der Waals surface area contributed by atoms with Crippen LogP contribution in [0.2, 0.25) is 5.02 Å². The lowest BCUT2D eigenvalue weighted by Crippen LogP contribution is -2.42. The van der Waals surface area contributed by atoms with Crippen LogP contribution >= 0.6 is 11.6 Å². The number of nitrogens with two attached hydrogens (primary N) is 2. The van der Waals surface area contributed by atoms with E-state index in [1.54, 1.807) is 6.92 Å². The summed E-state index contributed by atoms with van der Waals surface area (Å²) >= 11 is 5.86. The van der Waals surface area contributed by atoms with Gasteiger partial charge in [-0.3, -0.25) is 4.79 Å². The van der Waals surface area contributed by atoms with Gasteiger partial charge in [-0.05, 0) is 31.5 Å². The number of hydrogen-bond donors (Lipinski definition) is 3. The van der Waals surface area contributed by atoms with Crippen LogP contribution in [0.25, 0.3) is 0 Å². The zero-order valence-corrected chi connectivity index (χ0v) is 11.5. The Morgan fingerprint density at radius 3 is 2.50 bits per heavy atom. The first-order valence-electron chi connectivity index (χ1n) is 5.02. The van der Waals surface area contributed by atoms with E-state index in [2.05, 4.69) is 4.72 Å². The van der Waals surface area contributed by atoms with Gasteiger partial charge in [-0.1, -0.05) is 11.6 Å². The first-order valence-corrected chi connectivity index (χ1v) is 6.88. The number of hydrogen-bond acceptors (Lipinski definition) is 4. The minimum absolute atomic E-state index is 0.0332. The van der Waals surface area contributed by atoms with Crippen molar-refractivity contribution < 1.29 is 13.2 Å². The molecule has 1 amide bonds. The number of primary amides is 1. The molecule has 0 saturated carbocycles. The quantitative estimate of drug-likeness (QED) is 0.696. The molecule has 1 unspecified atom stereocenters. The molecule has 0 radical (unpaired) electrons. The zero-order valence-electron chi connectivity index (χ0n) is 9.90. The van der Waals surface area contributed by atoms with Crippen molar-refractivity contribution in [1.29, 1.82) is 0 Å². The molecule has 100 valence electrons. The molecular weight excluding hydrogens is 278 g/mol. The number of anilines is 1. The van der Waals surface area contributed by atoms with Gasteiger partial charge in [0, 0.05) is 5.69 Å². The lowest BCUT2D eigenvalue weighted by molar-refractivity contribution is -0.119. The van der Waals surface area contributed by atoms with E-state index >= 15 is 0 Å². The van der Waals surface area contributed by atoms with Crippen molar-refractivity contribution in [3.63, 3.8) is 0 Å². The molecule has 1 rings (SSSR count). The molecule has 0 spiro atoms. The monoisotopic (exact) mass is 291 g/mol. The largest absolute Gasteiger partial charge is 0.398 e. The minimum atomic E-state index is -3.94. The van der Waals surface area contributed by atoms with Gasteiger partial charge in [0.25, 0.3) is 0 Å². The Bertz CT molecular complexity index is 586. The number of carbonyl (C=O) groups is 1. The van der Waals surface area contributed by atoms with Crippen LogP contribution in [0.4, 0.5) is 5.69 Å². The molecule has 1 aromatic rings. The van der Waals surface area contributed by atoms with Crippen LogP contribution in [0.5, 0.6) is 0 Å². The number of benzene rings is 1. The van der Waals surface area contributed by atoms with Crippen LogP contribution in [0.1, 0.15) is 12.5 Å². The molecule has 8 heteroatoms. The van der Waals surface area contributed by atoms with E-state index < -0.39 is 22.0 Å². The fraction of sp³-hybridized carbons (Fsp3) is 0.300. The van der Waals surface area contributed by atoms with Crippen molar-refractivity contribution in [2.75, 3.05) is 5.73 Å². The fourth-order valence-corrected chi connectivity index (χ4v) is 3.06. The van der Waals surface area contributed by atoms with E-state index in [0.717, 1.165) is 0 Å². The lowest BCUT2D eigenvalue weighted by atomic mass is 10.2. The Morgan fingerprint density at radius 1 is 1.44 bits per heavy atom. The normalized spacial score (nSPS) is 13.3. The summed E-state index contributed by atoms with van der Waals surface area (Å²) in [6.45, 7) is 3.04. The lowest BCUT2D eigenvalue weighted by Gasteiger charge is -2.13. The second-order valence-corrected chi connectivity index (χ2v) is 5.97. The fourth-order valence-electron chi connectivity index (χ4n) is 1.23. The SMILES string of the molecule is Cc1cc(Cl)c(S(=O)(=O)NC(C)C(N)=O)cc1N. The van der Waals surface area contributed by atoms with Crippen LogP contribution in [0, 0.1) is 6.92 Å². The van der Waals surface area contributed by atoms with Gasteiger partial charge in [0.15, 0.2) is 0 Å². The summed E-state index contributed by atoms with van der Waals surface area (Å²) in [5.74, 6) is -0.783. The number of carbonyl (C=O) groups excluding carboxylic acids is 1. The van der Waals surface area contributed by atoms with Gasteiger partial charge in [-0.2, -0.15) is 4.72 Å². The number of halogens is 1. The first kappa shape index (κ1) is 14.7. The summed E-state index contributed by atoms with van der Waals surface area (Å²) < 4.78 is 26.1. The van der Waals surface area contributed by atoms with E-state index in [4.69, 9.17) is 23.1 Å². The molecule has 0 saturated heterocycles. The molecule has 0 fully saturated rings. The third kappa shape index (κ3) is 3.12. The number of nitrogen functional groups attached to an aromatic ring is 1. The smallest absolute Gasteiger partial charge is 0.242 e. The molecule has 0 aromatic heterocycles. The molecule has 0 aliphatic carbocycles. The maximum absolute atomic E-state index is 12.0. The highest BCUT2D eigenvalue weighted by molar-refractivity contribution is 7.89. The van der Waals surface area contributed by atoms with Crippen LogP contribution in [0.15, 0.2) is 17.0 Å². The highest BCUT2D eigenvalue weighted by Crippen LogP contribution is 2.26. The molecule has 0 heterocycles. The molecule has 18 heavy (non-hydrogen) atoms. The highest BCUT2D eigenvalue weighted by atomic mass is 35.5. The zero-order chi connectivity index (χ0) is 14.1. The Morgan fingerprint density at radius 2 is 2.00 bits per heavy atom. The van der Waals surface area contributed by atoms with Crippen molar-refractivity contribution in [2.45, 2.75) is 24.8 Å². The van der Waals surface area contributed by atoms with Gasteiger partial charge in [0.05, 0.1) is 11.1 Å². The Balaban J connectivity index is 3.21. The maximum atomic E-state index is 12.0. The average Bonchev–Trinajstić information content (AvgIpc) is 2.22. The maximum Gasteiger partial charge on any atom is 0.242 e. The van der Waals surface area contributed by atoms with Crippen LogP contribution in [0.3, 0.4) is 0 Å². The van der Waals surface area contributed by atoms with Gasteiger partial charge >= 0.3 is 0 Å². The summed E-state index contributed by atoms with van der Waals surface area (Å²) in [7, 11) is -3.94. The van der Waals surface area contributed by atoms with Crippen LogP contribution in [-0.4, -0.2) is 20.4 Å². The van der Waals surface area contributed by atoms with E-state index in [1.165, 1.54) is 19.1 Å². The number of rotatable bonds is 4. The molecule has 1 aromatic carbocycles. The Labute approximate surface area is 110 Å². The summed E-state index contributed by atoms with van der Waals surface area (Å²) in [4.78, 5) is 10.7. The van der Waals surface area contributed by atoms with Gasteiger partial charge in [0.2, 0.25) is 15.9 Å². The summed E-state index contributed by atoms with van der Waals surface area (Å²) in [5, 5.41) is 0.0332. The van der Waals surface area contributed by atoms with Crippen molar-refractivity contribution in [2.24, 2.45) is 5.73 Å². The van der Waals surface area contributed by atoms with Gasteiger partial charge in [-0.25, -0.2) is 8.42 Å². The molecule has 1 atom stereocenters. The average molecular weight is 292 g/mol. The van der Waals surface area contributed by atoms with E-state index in [9.17, 15) is 13.2 Å². The van der Waals surface area contributed by atoms with E-state index in [1.807, 2.05) is 0 Å². The first-order chi connectivity index (χ1) is 8.15. The van der Waals surface area contributed by atoms with E-state index in [0.29, 0.717) is 11.3 Å². The summed E-state index contributed by atoms with van der Waals surface area (Å²) in [6, 6.07) is 1.65. The summed E-state index contributed by atoms with van der Waals surface area (Å²) in [6.07, 6.45) is 0. The second kappa shape index (κ2) is 5.13. The molecule has 0 aliphatic heterocycles. The third-order valence-electron chi connectivity index (χ3n) is 2.37. The van der Waals surface area contributed by atoms with Gasteiger partial charge in [0.1, 0.15) is 4.90 Å². The van der Waals surface area contributed by atoms with E-state index in [-0.39, 0.29) is 9.92 Å². The molecule has 0 aliphatic rings. The second-order valence-electron chi connectivity index (χ2n) is 3.88. The highest BCUT2D eigenvalue weighted by Gasteiger charge is 2.23. The predicted molar refractivity (Wildman–Crippen MR) is 69.6 cm³/mol. The number of amides is 1. The standard InChI is InChI=1S/C10H14ClN3O3S/c1-5-3-7(11)9(4-8(5)12)18(16,17)14-6(2)10(13)15/h3-4,6,14H,12H2,1-2H3,(H2,13,15). The predicted octanol–water partition coefficient (Wildman–Crippen LogP) is 0.383. The van der Waals surface area contributed by atoms with Crippen LogP contribution in [-0.2, 0) is 14.8 Å². The number of nitrogens with one attached hydrogen (secondary N) is 1. The minimum Gasteiger partial charge on any atom is -0.398 e. The summed E-state index contributed by atoms with van der Waals surface area (Å²) in [5.41, 5.74) is 11.6. The Kier molecular flexibility index (Phi) is 4.20. The van der Waals surface area contributed by atoms with Crippen molar-refractivity contribution in [3.05, 3.63) is 22.7 Å². The van der Waals surface area contributed by atoms with Crippen LogP contribution < -0.4 is 16.2 Å². The third-order valence-corrected chi connectivity index (χ3v) is 4.37. The van der Waals surface area contributed by atoms with Crippen molar-refractivity contribution in [1.82, 2.24) is 4.72 Å². The molecule has 5 N–H and O–H groups in total. The van der Waals surface area contributed by atoms with Crippen molar-refractivity contribution >= 4 is 33.2 Å². The number of sulfonamides is 1. The molecule has 6 nitrogen and oxygen atoms in total. The van der Waals surface area contributed by atoms with Crippen molar-refractivity contribution in [3.8, 4) is 0 Å². The van der Waals surface area contributed by atoms with Gasteiger partial charge in [-0.15, -0.1) is 0 Å². The number of aryl methyl sites for hydroxylation is 1. The topological polar surface area (TPSA) is 115 Å². The van der Waals surface area contributed by atoms with Gasteiger partial charge < -0.3 is 11.5 Å². The molecular formula is C10H14ClN3O3S. The molecule has 0 bridgehead atoms.